The highest BCUT2D eigenvalue weighted by Gasteiger charge is 2.43. The van der Waals surface area contributed by atoms with Gasteiger partial charge >= 0.3 is 0 Å². The molecule has 0 unspecified atom stereocenters. The van der Waals surface area contributed by atoms with Crippen molar-refractivity contribution in [3.63, 3.8) is 0 Å². The predicted molar refractivity (Wildman–Crippen MR) is 97.8 cm³/mol. The van der Waals surface area contributed by atoms with Gasteiger partial charge in [-0.2, -0.15) is 0 Å². The number of fused-ring (bicyclic) bond motifs is 1. The standard InChI is InChI=1S/C19H23NO5S/c21-19(9-7-14-6-8-17-18(10-14)25-13-24-17)20-11-16(12-20)26(22,23)15-4-2-1-3-5-15/h6-10,15-16H,1-5,11-13H2/b9-7+. The lowest BCUT2D eigenvalue weighted by Crippen LogP contribution is -2.58. The van der Waals surface area contributed by atoms with E-state index in [-0.39, 0.29) is 18.0 Å². The van der Waals surface area contributed by atoms with Crippen LogP contribution in [0.3, 0.4) is 0 Å². The fourth-order valence-electron chi connectivity index (χ4n) is 3.78. The number of ether oxygens (including phenoxy) is 2. The maximum atomic E-state index is 12.6. The van der Waals surface area contributed by atoms with Gasteiger partial charge in [0.2, 0.25) is 12.7 Å². The van der Waals surface area contributed by atoms with Crippen molar-refractivity contribution in [3.05, 3.63) is 29.8 Å². The zero-order valence-electron chi connectivity index (χ0n) is 14.6. The molecule has 140 valence electrons. The van der Waals surface area contributed by atoms with E-state index >= 15 is 0 Å². The second kappa shape index (κ2) is 6.95. The molecule has 0 radical (unpaired) electrons. The highest BCUT2D eigenvalue weighted by atomic mass is 32.2. The van der Waals surface area contributed by atoms with Gasteiger partial charge in [-0.3, -0.25) is 4.79 Å². The normalized spacial score (nSPS) is 21.2. The summed E-state index contributed by atoms with van der Waals surface area (Å²) >= 11 is 0. The number of hydrogen-bond donors (Lipinski definition) is 0. The van der Waals surface area contributed by atoms with Crippen LogP contribution in [0, 0.1) is 0 Å². The summed E-state index contributed by atoms with van der Waals surface area (Å²) in [6.07, 6.45) is 7.88. The minimum Gasteiger partial charge on any atom is -0.454 e. The second-order valence-electron chi connectivity index (χ2n) is 7.16. The topological polar surface area (TPSA) is 72.9 Å². The Balaban J connectivity index is 1.33. The molecular formula is C19H23NO5S. The molecule has 1 saturated carbocycles. The molecule has 0 atom stereocenters. The molecule has 0 bridgehead atoms. The summed E-state index contributed by atoms with van der Waals surface area (Å²) in [6.45, 7) is 0.832. The summed E-state index contributed by atoms with van der Waals surface area (Å²) in [7, 11) is -3.11. The van der Waals surface area contributed by atoms with E-state index in [0.29, 0.717) is 24.6 Å². The Morgan fingerprint density at radius 1 is 1.04 bits per heavy atom. The lowest BCUT2D eigenvalue weighted by Gasteiger charge is -2.40. The fraction of sp³-hybridized carbons (Fsp3) is 0.526. The largest absolute Gasteiger partial charge is 0.454 e. The van der Waals surface area contributed by atoms with Crippen molar-refractivity contribution in [1.82, 2.24) is 4.90 Å². The Kier molecular flexibility index (Phi) is 4.65. The van der Waals surface area contributed by atoms with Crippen molar-refractivity contribution in [2.75, 3.05) is 19.9 Å². The summed E-state index contributed by atoms with van der Waals surface area (Å²) in [6, 6.07) is 5.48. The first-order valence-electron chi connectivity index (χ1n) is 9.13. The van der Waals surface area contributed by atoms with E-state index < -0.39 is 15.1 Å². The van der Waals surface area contributed by atoms with Gasteiger partial charge in [0.15, 0.2) is 21.3 Å². The van der Waals surface area contributed by atoms with E-state index in [2.05, 4.69) is 0 Å². The van der Waals surface area contributed by atoms with Gasteiger partial charge in [-0.25, -0.2) is 8.42 Å². The molecule has 2 aliphatic heterocycles. The predicted octanol–water partition coefficient (Wildman–Crippen LogP) is 2.39. The number of benzene rings is 1. The molecule has 0 spiro atoms. The number of likely N-dealkylation sites (tertiary alicyclic amines) is 1. The first kappa shape index (κ1) is 17.4. The van der Waals surface area contributed by atoms with Crippen LogP contribution < -0.4 is 9.47 Å². The lowest BCUT2D eigenvalue weighted by molar-refractivity contribution is -0.128. The second-order valence-corrected chi connectivity index (χ2v) is 9.67. The maximum Gasteiger partial charge on any atom is 0.246 e. The molecule has 1 saturated heterocycles. The Morgan fingerprint density at radius 3 is 2.54 bits per heavy atom. The molecule has 1 aliphatic carbocycles. The number of sulfone groups is 1. The van der Waals surface area contributed by atoms with Crippen LogP contribution in [-0.2, 0) is 14.6 Å². The highest BCUT2D eigenvalue weighted by molar-refractivity contribution is 7.92. The first-order valence-corrected chi connectivity index (χ1v) is 10.7. The summed E-state index contributed by atoms with van der Waals surface area (Å²) in [4.78, 5) is 13.9. The van der Waals surface area contributed by atoms with Gasteiger partial charge in [-0.1, -0.05) is 25.3 Å². The van der Waals surface area contributed by atoms with E-state index in [0.717, 1.165) is 37.7 Å². The molecule has 1 aromatic carbocycles. The minimum absolute atomic E-state index is 0.155. The number of carbonyl (C=O) groups is 1. The number of nitrogens with zero attached hydrogens (tertiary/aromatic N) is 1. The molecule has 2 fully saturated rings. The average Bonchev–Trinajstić information content (AvgIpc) is 3.07. The summed E-state index contributed by atoms with van der Waals surface area (Å²) in [5, 5.41) is -0.601. The van der Waals surface area contributed by atoms with Gasteiger partial charge in [0, 0.05) is 19.2 Å². The molecule has 6 nitrogen and oxygen atoms in total. The molecule has 1 amide bonds. The van der Waals surface area contributed by atoms with E-state index in [1.54, 1.807) is 11.0 Å². The molecule has 0 aromatic heterocycles. The van der Waals surface area contributed by atoms with Gasteiger partial charge in [0.25, 0.3) is 0 Å². The van der Waals surface area contributed by atoms with Gasteiger partial charge in [-0.05, 0) is 36.6 Å². The number of rotatable bonds is 4. The first-order chi connectivity index (χ1) is 12.5. The van der Waals surface area contributed by atoms with Crippen molar-refractivity contribution >= 4 is 21.8 Å². The van der Waals surface area contributed by atoms with Gasteiger partial charge in [-0.15, -0.1) is 0 Å². The zero-order chi connectivity index (χ0) is 18.1. The Morgan fingerprint density at radius 2 is 1.77 bits per heavy atom. The molecule has 4 rings (SSSR count). The van der Waals surface area contributed by atoms with Gasteiger partial charge in [0.05, 0.1) is 10.5 Å². The van der Waals surface area contributed by atoms with Crippen LogP contribution in [0.5, 0.6) is 11.5 Å². The van der Waals surface area contributed by atoms with Crippen molar-refractivity contribution < 1.29 is 22.7 Å². The third-order valence-electron chi connectivity index (χ3n) is 5.46. The molecule has 7 heteroatoms. The number of hydrogen-bond acceptors (Lipinski definition) is 5. The van der Waals surface area contributed by atoms with Crippen LogP contribution >= 0.6 is 0 Å². The van der Waals surface area contributed by atoms with Crippen molar-refractivity contribution in [2.45, 2.75) is 42.6 Å². The zero-order valence-corrected chi connectivity index (χ0v) is 15.4. The molecular weight excluding hydrogens is 354 g/mol. The SMILES string of the molecule is O=C(/C=C/c1ccc2c(c1)OCO2)N1CC(S(=O)(=O)C2CCCCC2)C1. The number of carbonyl (C=O) groups excluding carboxylic acids is 1. The smallest absolute Gasteiger partial charge is 0.246 e. The minimum atomic E-state index is -3.11. The highest BCUT2D eigenvalue weighted by Crippen LogP contribution is 2.33. The Bertz CT molecular complexity index is 820. The van der Waals surface area contributed by atoms with E-state index in [1.165, 1.54) is 6.08 Å². The van der Waals surface area contributed by atoms with Crippen LogP contribution in [0.25, 0.3) is 6.08 Å². The van der Waals surface area contributed by atoms with Crippen molar-refractivity contribution in [3.8, 4) is 11.5 Å². The van der Waals surface area contributed by atoms with Gasteiger partial charge < -0.3 is 14.4 Å². The van der Waals surface area contributed by atoms with Crippen LogP contribution in [-0.4, -0.2) is 49.6 Å². The lowest BCUT2D eigenvalue weighted by atomic mass is 10.0. The summed E-state index contributed by atoms with van der Waals surface area (Å²) in [5.74, 6) is 1.21. The van der Waals surface area contributed by atoms with Crippen LogP contribution in [0.4, 0.5) is 0 Å². The summed E-state index contributed by atoms with van der Waals surface area (Å²) in [5.41, 5.74) is 0.842. The summed E-state index contributed by atoms with van der Waals surface area (Å²) < 4.78 is 35.9. The monoisotopic (exact) mass is 377 g/mol. The Labute approximate surface area is 153 Å². The fourth-order valence-corrected chi connectivity index (χ4v) is 6.09. The third kappa shape index (κ3) is 3.32. The molecule has 0 N–H and O–H groups in total. The quantitative estimate of drug-likeness (QED) is 0.754. The third-order valence-corrected chi connectivity index (χ3v) is 8.08. The number of amides is 1. The maximum absolute atomic E-state index is 12.6. The van der Waals surface area contributed by atoms with Crippen molar-refractivity contribution in [1.29, 1.82) is 0 Å². The van der Waals surface area contributed by atoms with Crippen LogP contribution in [0.2, 0.25) is 0 Å². The van der Waals surface area contributed by atoms with E-state index in [1.807, 2.05) is 18.2 Å². The average molecular weight is 377 g/mol. The van der Waals surface area contributed by atoms with Crippen LogP contribution in [0.1, 0.15) is 37.7 Å². The van der Waals surface area contributed by atoms with E-state index in [9.17, 15) is 13.2 Å². The Hall–Kier alpha value is -2.02. The molecule has 26 heavy (non-hydrogen) atoms. The van der Waals surface area contributed by atoms with E-state index in [4.69, 9.17) is 9.47 Å². The van der Waals surface area contributed by atoms with Gasteiger partial charge in [0.1, 0.15) is 0 Å². The van der Waals surface area contributed by atoms with Crippen molar-refractivity contribution in [2.24, 2.45) is 0 Å². The molecule has 2 heterocycles. The molecule has 3 aliphatic rings. The molecule has 1 aromatic rings. The van der Waals surface area contributed by atoms with Crippen LogP contribution in [0.15, 0.2) is 24.3 Å².